The lowest BCUT2D eigenvalue weighted by Gasteiger charge is -2.20. The number of benzene rings is 1. The van der Waals surface area contributed by atoms with E-state index in [0.717, 1.165) is 11.1 Å². The predicted molar refractivity (Wildman–Crippen MR) is 89.0 cm³/mol. The summed E-state index contributed by atoms with van der Waals surface area (Å²) in [5.41, 5.74) is 2.20. The highest BCUT2D eigenvalue weighted by molar-refractivity contribution is 5.73. The number of carbonyl (C=O) groups is 1. The Balaban J connectivity index is 1.74. The van der Waals surface area contributed by atoms with E-state index in [-0.39, 0.29) is 6.03 Å². The maximum absolute atomic E-state index is 11.8. The number of rotatable bonds is 7. The first kappa shape index (κ1) is 17.0. The molecule has 7 nitrogen and oxygen atoms in total. The van der Waals surface area contributed by atoms with E-state index in [0.29, 0.717) is 25.7 Å². The molecule has 0 radical (unpaired) electrons. The molecular weight excluding hydrogens is 292 g/mol. The summed E-state index contributed by atoms with van der Waals surface area (Å²) in [5.74, 6) is 0. The minimum Gasteiger partial charge on any atom is -0.337 e. The van der Waals surface area contributed by atoms with Gasteiger partial charge in [-0.05, 0) is 32.1 Å². The monoisotopic (exact) mass is 316 g/mol. The van der Waals surface area contributed by atoms with E-state index in [4.69, 9.17) is 0 Å². The number of carbonyl (C=O) groups excluding carboxylic acids is 1. The molecule has 0 saturated carbocycles. The highest BCUT2D eigenvalue weighted by Gasteiger charge is 2.06. The highest BCUT2D eigenvalue weighted by Crippen LogP contribution is 2.05. The first-order valence-corrected chi connectivity index (χ1v) is 7.63. The molecular formula is C16H24N6O. The van der Waals surface area contributed by atoms with Gasteiger partial charge in [0, 0.05) is 19.1 Å². The maximum Gasteiger partial charge on any atom is 0.315 e. The van der Waals surface area contributed by atoms with Crippen molar-refractivity contribution in [3.8, 4) is 0 Å². The van der Waals surface area contributed by atoms with Gasteiger partial charge in [0.15, 0.2) is 0 Å². The van der Waals surface area contributed by atoms with Gasteiger partial charge in [0.25, 0.3) is 0 Å². The molecule has 2 rings (SSSR count). The topological polar surface area (TPSA) is 75.1 Å². The molecule has 0 unspecified atom stereocenters. The molecule has 0 fully saturated rings. The number of likely N-dealkylation sites (N-methyl/N-ethyl adjacent to an activating group) is 1. The molecule has 1 heterocycles. The molecule has 1 aromatic heterocycles. The van der Waals surface area contributed by atoms with Crippen molar-refractivity contribution in [1.82, 2.24) is 30.3 Å². The number of nitrogens with one attached hydrogen (secondary N) is 2. The van der Waals surface area contributed by atoms with Crippen molar-refractivity contribution in [2.45, 2.75) is 26.1 Å². The molecule has 0 aliphatic rings. The van der Waals surface area contributed by atoms with Crippen LogP contribution in [0.15, 0.2) is 36.9 Å². The Hall–Kier alpha value is -2.41. The van der Waals surface area contributed by atoms with E-state index in [1.54, 1.807) is 11.0 Å². The second kappa shape index (κ2) is 8.28. The Labute approximate surface area is 136 Å². The molecule has 7 heteroatoms. The van der Waals surface area contributed by atoms with Gasteiger partial charge in [-0.25, -0.2) is 14.5 Å². The molecule has 1 atom stereocenters. The Bertz CT molecular complexity index is 594. The maximum atomic E-state index is 11.8. The molecule has 2 amide bonds. The number of urea groups is 1. The number of hydrogen-bond donors (Lipinski definition) is 2. The van der Waals surface area contributed by atoms with Crippen LogP contribution in [0.25, 0.3) is 0 Å². The van der Waals surface area contributed by atoms with Gasteiger partial charge in [-0.3, -0.25) is 0 Å². The number of nitrogens with zero attached hydrogens (tertiary/aromatic N) is 4. The van der Waals surface area contributed by atoms with Crippen LogP contribution in [0.3, 0.4) is 0 Å². The van der Waals surface area contributed by atoms with Gasteiger partial charge in [-0.15, -0.1) is 0 Å². The fraction of sp³-hybridized carbons (Fsp3) is 0.438. The van der Waals surface area contributed by atoms with Crippen LogP contribution in [0, 0.1) is 0 Å². The Kier molecular flexibility index (Phi) is 6.10. The predicted octanol–water partition coefficient (Wildman–Crippen LogP) is 1.08. The van der Waals surface area contributed by atoms with Gasteiger partial charge in [0.1, 0.15) is 12.7 Å². The lowest BCUT2D eigenvalue weighted by molar-refractivity contribution is 0.234. The van der Waals surface area contributed by atoms with Gasteiger partial charge in [-0.2, -0.15) is 5.10 Å². The summed E-state index contributed by atoms with van der Waals surface area (Å²) in [4.78, 5) is 17.7. The summed E-state index contributed by atoms with van der Waals surface area (Å²) in [7, 11) is 3.98. The Morgan fingerprint density at radius 1 is 1.22 bits per heavy atom. The van der Waals surface area contributed by atoms with Crippen LogP contribution in [0.1, 0.15) is 18.1 Å². The van der Waals surface area contributed by atoms with Crippen molar-refractivity contribution in [3.63, 3.8) is 0 Å². The normalized spacial score (nSPS) is 12.2. The smallest absolute Gasteiger partial charge is 0.315 e. The van der Waals surface area contributed by atoms with E-state index in [1.807, 2.05) is 38.4 Å². The van der Waals surface area contributed by atoms with E-state index in [2.05, 4.69) is 32.5 Å². The third kappa shape index (κ3) is 5.71. The fourth-order valence-electron chi connectivity index (χ4n) is 1.93. The SMILES string of the molecule is C[C@H](CNC(=O)NCc1ccc(Cn2cncn2)cc1)N(C)C. The average molecular weight is 316 g/mol. The van der Waals surface area contributed by atoms with E-state index < -0.39 is 0 Å². The summed E-state index contributed by atoms with van der Waals surface area (Å²) in [5, 5.41) is 9.80. The van der Waals surface area contributed by atoms with Gasteiger partial charge >= 0.3 is 6.03 Å². The van der Waals surface area contributed by atoms with Gasteiger partial charge in [0.2, 0.25) is 0 Å². The van der Waals surface area contributed by atoms with Crippen LogP contribution in [-0.2, 0) is 13.1 Å². The fourth-order valence-corrected chi connectivity index (χ4v) is 1.93. The van der Waals surface area contributed by atoms with Crippen LogP contribution in [0.5, 0.6) is 0 Å². The average Bonchev–Trinajstić information content (AvgIpc) is 3.04. The summed E-state index contributed by atoms with van der Waals surface area (Å²) >= 11 is 0. The zero-order chi connectivity index (χ0) is 16.7. The lowest BCUT2D eigenvalue weighted by Crippen LogP contribution is -2.42. The summed E-state index contributed by atoms with van der Waals surface area (Å²) < 4.78 is 1.77. The second-order valence-corrected chi connectivity index (χ2v) is 5.79. The quantitative estimate of drug-likeness (QED) is 0.801. The molecule has 0 spiro atoms. The van der Waals surface area contributed by atoms with Crippen molar-refractivity contribution < 1.29 is 4.79 Å². The zero-order valence-electron chi connectivity index (χ0n) is 13.9. The standard InChI is InChI=1S/C16H24N6O/c1-13(21(2)3)8-18-16(23)19-9-14-4-6-15(7-5-14)10-22-12-17-11-20-22/h4-7,11-13H,8-10H2,1-3H3,(H2,18,19,23)/t13-/m1/s1. The van der Waals surface area contributed by atoms with Crippen molar-refractivity contribution in [3.05, 3.63) is 48.0 Å². The van der Waals surface area contributed by atoms with Crippen LogP contribution < -0.4 is 10.6 Å². The molecule has 2 N–H and O–H groups in total. The van der Waals surface area contributed by atoms with Crippen LogP contribution in [-0.4, -0.2) is 52.4 Å². The summed E-state index contributed by atoms with van der Waals surface area (Å²) in [6.45, 7) is 3.88. The Morgan fingerprint density at radius 3 is 2.52 bits per heavy atom. The first-order chi connectivity index (χ1) is 11.0. The minimum absolute atomic E-state index is 0.148. The largest absolute Gasteiger partial charge is 0.337 e. The number of amides is 2. The summed E-state index contributed by atoms with van der Waals surface area (Å²) in [6.07, 6.45) is 3.21. The van der Waals surface area contributed by atoms with Crippen LogP contribution in [0.2, 0.25) is 0 Å². The lowest BCUT2D eigenvalue weighted by atomic mass is 10.1. The molecule has 0 bridgehead atoms. The first-order valence-electron chi connectivity index (χ1n) is 7.63. The molecule has 0 aliphatic carbocycles. The summed E-state index contributed by atoms with van der Waals surface area (Å²) in [6, 6.07) is 8.24. The highest BCUT2D eigenvalue weighted by atomic mass is 16.2. The number of aromatic nitrogens is 3. The van der Waals surface area contributed by atoms with Gasteiger partial charge in [0.05, 0.1) is 6.54 Å². The second-order valence-electron chi connectivity index (χ2n) is 5.79. The van der Waals surface area contributed by atoms with Crippen molar-refractivity contribution in [2.24, 2.45) is 0 Å². The van der Waals surface area contributed by atoms with Crippen molar-refractivity contribution in [1.29, 1.82) is 0 Å². The van der Waals surface area contributed by atoms with E-state index >= 15 is 0 Å². The van der Waals surface area contributed by atoms with Crippen molar-refractivity contribution in [2.75, 3.05) is 20.6 Å². The molecule has 1 aromatic carbocycles. The molecule has 0 saturated heterocycles. The van der Waals surface area contributed by atoms with Crippen LogP contribution in [0.4, 0.5) is 4.79 Å². The Morgan fingerprint density at radius 2 is 1.91 bits per heavy atom. The zero-order valence-corrected chi connectivity index (χ0v) is 13.9. The van der Waals surface area contributed by atoms with Gasteiger partial charge < -0.3 is 15.5 Å². The van der Waals surface area contributed by atoms with Crippen molar-refractivity contribution >= 4 is 6.03 Å². The molecule has 0 aliphatic heterocycles. The van der Waals surface area contributed by atoms with E-state index in [9.17, 15) is 4.79 Å². The molecule has 23 heavy (non-hydrogen) atoms. The third-order valence-electron chi connectivity index (χ3n) is 3.73. The third-order valence-corrected chi connectivity index (χ3v) is 3.73. The minimum atomic E-state index is -0.148. The van der Waals surface area contributed by atoms with Crippen LogP contribution >= 0.6 is 0 Å². The molecule has 124 valence electrons. The van der Waals surface area contributed by atoms with E-state index in [1.165, 1.54) is 6.33 Å². The number of hydrogen-bond acceptors (Lipinski definition) is 4. The van der Waals surface area contributed by atoms with Gasteiger partial charge in [-0.1, -0.05) is 24.3 Å². The molecule has 2 aromatic rings.